The van der Waals surface area contributed by atoms with Crippen molar-refractivity contribution in [1.29, 1.82) is 0 Å². The number of Topliss-reactive ketones (excluding diaryl/α,β-unsaturated/α-hetero) is 1. The van der Waals surface area contributed by atoms with Gasteiger partial charge in [-0.2, -0.15) is 0 Å². The Hall–Kier alpha value is -3.49. The fraction of sp³-hybridized carbons (Fsp3) is 0.240. The highest BCUT2D eigenvalue weighted by molar-refractivity contribution is 7.17. The molecule has 2 aromatic carbocycles. The lowest BCUT2D eigenvalue weighted by molar-refractivity contribution is -0.130. The fourth-order valence-corrected chi connectivity index (χ4v) is 4.98. The number of carbonyl (C=O) groups excluding carboxylic acids is 2. The lowest BCUT2D eigenvalue weighted by Gasteiger charge is -2.27. The number of aliphatic hydroxyl groups is 1. The summed E-state index contributed by atoms with van der Waals surface area (Å²) >= 11 is 1.25. The molecule has 33 heavy (non-hydrogen) atoms. The van der Waals surface area contributed by atoms with Gasteiger partial charge < -0.3 is 19.5 Å². The summed E-state index contributed by atoms with van der Waals surface area (Å²) in [5, 5.41) is 11.5. The number of para-hydroxylation sites is 1. The highest BCUT2D eigenvalue weighted by Gasteiger charge is 2.45. The van der Waals surface area contributed by atoms with Gasteiger partial charge in [0.2, 0.25) is 5.78 Å². The van der Waals surface area contributed by atoms with E-state index in [0.29, 0.717) is 26.9 Å². The number of rotatable bonds is 8. The number of aliphatic hydroxyl groups excluding tert-OH is 1. The van der Waals surface area contributed by atoms with Crippen LogP contribution in [-0.4, -0.2) is 54.1 Å². The molecule has 0 saturated carbocycles. The normalized spacial score (nSPS) is 15.9. The zero-order valence-electron chi connectivity index (χ0n) is 18.6. The van der Waals surface area contributed by atoms with E-state index >= 15 is 0 Å². The van der Waals surface area contributed by atoms with Crippen LogP contribution < -0.4 is 4.74 Å². The van der Waals surface area contributed by atoms with Crippen molar-refractivity contribution in [3.63, 3.8) is 0 Å². The number of ether oxygens (including phenoxy) is 2. The summed E-state index contributed by atoms with van der Waals surface area (Å²) in [5.41, 5.74) is 2.08. The van der Waals surface area contributed by atoms with Gasteiger partial charge >= 0.3 is 0 Å². The van der Waals surface area contributed by atoms with E-state index in [9.17, 15) is 14.7 Å². The van der Waals surface area contributed by atoms with E-state index in [2.05, 4.69) is 4.98 Å². The topological polar surface area (TPSA) is 89.0 Å². The molecule has 0 aliphatic carbocycles. The van der Waals surface area contributed by atoms with Crippen LogP contribution in [0.3, 0.4) is 0 Å². The van der Waals surface area contributed by atoms with Crippen LogP contribution in [0.2, 0.25) is 0 Å². The minimum atomic E-state index is -0.807. The maximum atomic E-state index is 13.8. The molecule has 0 fully saturated rings. The quantitative estimate of drug-likeness (QED) is 0.499. The zero-order valence-corrected chi connectivity index (χ0v) is 19.4. The highest BCUT2D eigenvalue weighted by atomic mass is 32.1. The lowest BCUT2D eigenvalue weighted by Crippen LogP contribution is -2.34. The average Bonchev–Trinajstić information content (AvgIpc) is 3.35. The summed E-state index contributed by atoms with van der Waals surface area (Å²) in [6.45, 7) is 2.21. The van der Waals surface area contributed by atoms with E-state index in [4.69, 9.17) is 9.47 Å². The largest absolute Gasteiger partial charge is 0.503 e. The number of benzene rings is 2. The highest BCUT2D eigenvalue weighted by Crippen LogP contribution is 2.43. The smallest absolute Gasteiger partial charge is 0.290 e. The molecular weight excluding hydrogens is 440 g/mol. The molecule has 170 valence electrons. The first-order valence-electron chi connectivity index (χ1n) is 10.4. The predicted octanol–water partition coefficient (Wildman–Crippen LogP) is 4.35. The maximum Gasteiger partial charge on any atom is 0.290 e. The Bertz CT molecular complexity index is 1220. The van der Waals surface area contributed by atoms with Crippen LogP contribution >= 0.6 is 11.3 Å². The maximum absolute atomic E-state index is 13.8. The second kappa shape index (κ2) is 9.56. The molecule has 1 aliphatic rings. The van der Waals surface area contributed by atoms with Gasteiger partial charge in [0, 0.05) is 24.8 Å². The van der Waals surface area contributed by atoms with Crippen molar-refractivity contribution in [2.75, 3.05) is 27.4 Å². The Morgan fingerprint density at radius 1 is 1.12 bits per heavy atom. The van der Waals surface area contributed by atoms with Crippen LogP contribution in [-0.2, 0) is 9.53 Å². The molecule has 0 bridgehead atoms. The monoisotopic (exact) mass is 464 g/mol. The van der Waals surface area contributed by atoms with Gasteiger partial charge in [-0.05, 0) is 13.0 Å². The lowest BCUT2D eigenvalue weighted by atomic mass is 9.94. The molecule has 2 heterocycles. The molecule has 1 amide bonds. The molecule has 0 saturated heterocycles. The van der Waals surface area contributed by atoms with Crippen LogP contribution in [0.1, 0.15) is 27.0 Å². The van der Waals surface area contributed by atoms with Crippen molar-refractivity contribution < 1.29 is 24.2 Å². The van der Waals surface area contributed by atoms with Gasteiger partial charge in [-0.25, -0.2) is 4.98 Å². The molecule has 1 unspecified atom stereocenters. The number of carbonyl (C=O) groups is 2. The van der Waals surface area contributed by atoms with E-state index in [1.807, 2.05) is 36.4 Å². The first-order chi connectivity index (χ1) is 16.0. The van der Waals surface area contributed by atoms with Gasteiger partial charge in [0.05, 0.1) is 35.9 Å². The number of aromatic nitrogens is 1. The number of hydrogen-bond donors (Lipinski definition) is 1. The van der Waals surface area contributed by atoms with Crippen LogP contribution in [0.5, 0.6) is 5.75 Å². The zero-order chi connectivity index (χ0) is 23.5. The van der Waals surface area contributed by atoms with E-state index < -0.39 is 23.5 Å². The van der Waals surface area contributed by atoms with Gasteiger partial charge in [-0.3, -0.25) is 9.59 Å². The van der Waals surface area contributed by atoms with Crippen molar-refractivity contribution in [3.8, 4) is 16.3 Å². The molecule has 3 aromatic rings. The molecular formula is C25H24N2O5S. The summed E-state index contributed by atoms with van der Waals surface area (Å²) in [5.74, 6) is -1.07. The predicted molar refractivity (Wildman–Crippen MR) is 126 cm³/mol. The Morgan fingerprint density at radius 3 is 2.52 bits per heavy atom. The average molecular weight is 465 g/mol. The number of thiazole rings is 1. The summed E-state index contributed by atoms with van der Waals surface area (Å²) < 4.78 is 10.7. The van der Waals surface area contributed by atoms with Crippen molar-refractivity contribution in [2.24, 2.45) is 0 Å². The molecule has 1 N–H and O–H groups in total. The fourth-order valence-electron chi connectivity index (χ4n) is 3.96. The Balaban J connectivity index is 1.81. The van der Waals surface area contributed by atoms with Crippen LogP contribution in [0, 0.1) is 6.92 Å². The molecule has 0 spiro atoms. The molecule has 8 heteroatoms. The van der Waals surface area contributed by atoms with E-state index in [1.165, 1.54) is 30.5 Å². The first kappa shape index (κ1) is 22.7. The SMILES string of the molecule is COCCN1C(=O)C(O)=C(C(=O)c2sc(-c3ccccc3)nc2C)C1c1ccccc1OC. The molecule has 1 atom stereocenters. The number of amides is 1. The molecule has 7 nitrogen and oxygen atoms in total. The van der Waals surface area contributed by atoms with Gasteiger partial charge in [0.25, 0.3) is 5.91 Å². The number of nitrogens with zero attached hydrogens (tertiary/aromatic N) is 2. The second-order valence-electron chi connectivity index (χ2n) is 7.53. The van der Waals surface area contributed by atoms with Gasteiger partial charge in [0.1, 0.15) is 10.8 Å². The Labute approximate surface area is 195 Å². The number of ketones is 1. The van der Waals surface area contributed by atoms with E-state index in [0.717, 1.165) is 5.56 Å². The molecule has 1 aliphatic heterocycles. The van der Waals surface area contributed by atoms with Gasteiger partial charge in [0.15, 0.2) is 5.76 Å². The molecule has 0 radical (unpaired) electrons. The minimum Gasteiger partial charge on any atom is -0.503 e. The van der Waals surface area contributed by atoms with Crippen LogP contribution in [0.25, 0.3) is 10.6 Å². The van der Waals surface area contributed by atoms with E-state index in [1.54, 1.807) is 25.1 Å². The third-order valence-corrected chi connectivity index (χ3v) is 6.75. The van der Waals surface area contributed by atoms with Crippen LogP contribution in [0.4, 0.5) is 0 Å². The van der Waals surface area contributed by atoms with Gasteiger partial charge in [-0.15, -0.1) is 11.3 Å². The minimum absolute atomic E-state index is 0.0203. The van der Waals surface area contributed by atoms with Crippen LogP contribution in [0.15, 0.2) is 65.9 Å². The van der Waals surface area contributed by atoms with Crippen molar-refractivity contribution >= 4 is 23.0 Å². The second-order valence-corrected chi connectivity index (χ2v) is 8.53. The summed E-state index contributed by atoms with van der Waals surface area (Å²) in [6.07, 6.45) is 0. The van der Waals surface area contributed by atoms with Crippen molar-refractivity contribution in [2.45, 2.75) is 13.0 Å². The molecule has 4 rings (SSSR count). The third-order valence-electron chi connectivity index (χ3n) is 5.54. The number of hydrogen-bond acceptors (Lipinski definition) is 7. The van der Waals surface area contributed by atoms with E-state index in [-0.39, 0.29) is 18.7 Å². The third kappa shape index (κ3) is 4.15. The number of aryl methyl sites for hydroxylation is 1. The van der Waals surface area contributed by atoms with Crippen molar-refractivity contribution in [1.82, 2.24) is 9.88 Å². The van der Waals surface area contributed by atoms with Crippen molar-refractivity contribution in [3.05, 3.63) is 82.1 Å². The summed E-state index contributed by atoms with van der Waals surface area (Å²) in [7, 11) is 3.06. The first-order valence-corrected chi connectivity index (χ1v) is 11.2. The standard InChI is InChI=1S/C25H24N2O5S/c1-15-23(33-24(26-15)16-9-5-4-6-10-16)21(28)19-20(17-11-7-8-12-18(17)32-3)27(13-14-31-2)25(30)22(19)29/h4-12,20,29H,13-14H2,1-3H3. The number of methoxy groups -OCH3 is 2. The summed E-state index contributed by atoms with van der Waals surface area (Å²) in [6, 6.07) is 15.9. The van der Waals surface area contributed by atoms with Gasteiger partial charge in [-0.1, -0.05) is 48.5 Å². The Morgan fingerprint density at radius 2 is 1.82 bits per heavy atom. The molecule has 1 aromatic heterocycles. The Kier molecular flexibility index (Phi) is 6.57. The summed E-state index contributed by atoms with van der Waals surface area (Å²) in [4.78, 5) is 33.2.